The molecule has 0 fully saturated rings. The maximum atomic E-state index is 12.4. The van der Waals surface area contributed by atoms with Crippen molar-refractivity contribution >= 4 is 22.9 Å². The molecule has 1 aliphatic rings. The Hall–Kier alpha value is -2.33. The number of nitrogens with zero attached hydrogens (tertiary/aromatic N) is 1. The van der Waals surface area contributed by atoms with Crippen molar-refractivity contribution in [1.29, 1.82) is 0 Å². The highest BCUT2D eigenvalue weighted by molar-refractivity contribution is 6.64. The van der Waals surface area contributed by atoms with Gasteiger partial charge in [0, 0.05) is 13.0 Å². The van der Waals surface area contributed by atoms with Crippen LogP contribution in [-0.4, -0.2) is 35.9 Å². The number of benzene rings is 2. The minimum absolute atomic E-state index is 0.00363. The van der Waals surface area contributed by atoms with Gasteiger partial charge in [0.25, 0.3) is 0 Å². The van der Waals surface area contributed by atoms with Gasteiger partial charge in [-0.25, -0.2) is 4.79 Å². The van der Waals surface area contributed by atoms with Gasteiger partial charge < -0.3 is 4.74 Å². The van der Waals surface area contributed by atoms with E-state index in [-0.39, 0.29) is 12.5 Å². The van der Waals surface area contributed by atoms with Crippen LogP contribution >= 0.6 is 11.6 Å². The Morgan fingerprint density at radius 2 is 1.62 bits per heavy atom. The topological polar surface area (TPSA) is 46.6 Å². The first kappa shape index (κ1) is 18.5. The molecule has 0 N–H and O–H groups in total. The van der Waals surface area contributed by atoms with Crippen molar-refractivity contribution in [2.75, 3.05) is 13.7 Å². The summed E-state index contributed by atoms with van der Waals surface area (Å²) in [4.78, 5) is 25.3. The number of hydrogen-bond donors (Lipinski definition) is 0. The molecule has 3 rings (SSSR count). The van der Waals surface area contributed by atoms with Gasteiger partial charge in [-0.05, 0) is 40.3 Å². The number of fused-ring (bicyclic) bond motifs is 3. The molecule has 0 radical (unpaired) electrons. The molecular formula is C21H22ClNO3. The van der Waals surface area contributed by atoms with E-state index in [0.29, 0.717) is 6.42 Å². The fraction of sp³-hybridized carbons (Fsp3) is 0.333. The number of halogens is 1. The van der Waals surface area contributed by atoms with Crippen LogP contribution in [0.15, 0.2) is 48.5 Å². The van der Waals surface area contributed by atoms with E-state index in [9.17, 15) is 9.59 Å². The van der Waals surface area contributed by atoms with Gasteiger partial charge in [-0.1, -0.05) is 61.9 Å². The van der Waals surface area contributed by atoms with Crippen molar-refractivity contribution in [3.8, 4) is 11.1 Å². The SMILES string of the molecule is CCC[C@@H](C(=O)Cl)N(C)C(=O)OCC1c2ccccc2-c2ccccc21. The van der Waals surface area contributed by atoms with Gasteiger partial charge in [-0.15, -0.1) is 0 Å². The lowest BCUT2D eigenvalue weighted by molar-refractivity contribution is -0.116. The summed E-state index contributed by atoms with van der Waals surface area (Å²) in [7, 11) is 1.56. The molecular weight excluding hydrogens is 350 g/mol. The third-order valence-corrected chi connectivity index (χ3v) is 5.17. The zero-order valence-corrected chi connectivity index (χ0v) is 15.7. The minimum atomic E-state index is -0.655. The smallest absolute Gasteiger partial charge is 0.410 e. The lowest BCUT2D eigenvalue weighted by Gasteiger charge is -2.25. The van der Waals surface area contributed by atoms with E-state index in [1.54, 1.807) is 7.05 Å². The first-order valence-corrected chi connectivity index (χ1v) is 9.19. The second-order valence-electron chi connectivity index (χ2n) is 6.52. The number of carbonyl (C=O) groups is 2. The van der Waals surface area contributed by atoms with Gasteiger partial charge in [-0.3, -0.25) is 9.69 Å². The van der Waals surface area contributed by atoms with Gasteiger partial charge in [0.15, 0.2) is 0 Å². The Bertz CT molecular complexity index is 775. The van der Waals surface area contributed by atoms with Gasteiger partial charge in [0.2, 0.25) is 5.24 Å². The first-order chi connectivity index (χ1) is 12.5. The molecule has 1 amide bonds. The van der Waals surface area contributed by atoms with Crippen molar-refractivity contribution in [3.63, 3.8) is 0 Å². The molecule has 4 nitrogen and oxygen atoms in total. The van der Waals surface area contributed by atoms with Gasteiger partial charge in [0.05, 0.1) is 0 Å². The Morgan fingerprint density at radius 1 is 1.08 bits per heavy atom. The maximum Gasteiger partial charge on any atom is 0.410 e. The lowest BCUT2D eigenvalue weighted by atomic mass is 9.98. The molecule has 0 saturated carbocycles. The van der Waals surface area contributed by atoms with Crippen molar-refractivity contribution < 1.29 is 14.3 Å². The number of carbonyl (C=O) groups excluding carboxylic acids is 2. The van der Waals surface area contributed by atoms with Crippen LogP contribution in [0.25, 0.3) is 11.1 Å². The van der Waals surface area contributed by atoms with Crippen LogP contribution in [0, 0.1) is 0 Å². The average Bonchev–Trinajstić information content (AvgIpc) is 2.97. The molecule has 2 aromatic rings. The number of likely N-dealkylation sites (N-methyl/N-ethyl adjacent to an activating group) is 1. The molecule has 2 aromatic carbocycles. The fourth-order valence-electron chi connectivity index (χ4n) is 3.56. The summed E-state index contributed by atoms with van der Waals surface area (Å²) in [5.41, 5.74) is 4.67. The standard InChI is InChI=1S/C21H22ClNO3/c1-3-8-19(20(22)24)23(2)21(25)26-13-18-16-11-6-4-9-14(16)15-10-5-7-12-17(15)18/h4-7,9-12,18-19H,3,8,13H2,1-2H3/t19-/m0/s1. The van der Waals surface area contributed by atoms with Crippen LogP contribution in [0.2, 0.25) is 0 Å². The number of ether oxygens (including phenoxy) is 1. The largest absolute Gasteiger partial charge is 0.448 e. The summed E-state index contributed by atoms with van der Waals surface area (Å²) in [5, 5.41) is -0.539. The lowest BCUT2D eigenvalue weighted by Crippen LogP contribution is -2.41. The van der Waals surface area contributed by atoms with Gasteiger partial charge >= 0.3 is 6.09 Å². The summed E-state index contributed by atoms with van der Waals surface area (Å²) >= 11 is 5.63. The third kappa shape index (κ3) is 3.47. The summed E-state index contributed by atoms with van der Waals surface area (Å²) in [6, 6.07) is 15.7. The normalized spacial score (nSPS) is 13.7. The molecule has 0 saturated heterocycles. The molecule has 0 bridgehead atoms. The number of hydrogen-bond acceptors (Lipinski definition) is 3. The maximum absolute atomic E-state index is 12.4. The monoisotopic (exact) mass is 371 g/mol. The van der Waals surface area contributed by atoms with E-state index in [4.69, 9.17) is 16.3 Å². The molecule has 0 aromatic heterocycles. The molecule has 1 atom stereocenters. The third-order valence-electron chi connectivity index (χ3n) is 4.92. The van der Waals surface area contributed by atoms with Crippen molar-refractivity contribution in [1.82, 2.24) is 4.90 Å². The molecule has 1 aliphatic carbocycles. The van der Waals surface area contributed by atoms with Crippen molar-refractivity contribution in [3.05, 3.63) is 59.7 Å². The number of amides is 1. The Kier molecular flexibility index (Phi) is 5.62. The predicted octanol–water partition coefficient (Wildman–Crippen LogP) is 4.80. The van der Waals surface area contributed by atoms with Crippen LogP contribution in [0.3, 0.4) is 0 Å². The Morgan fingerprint density at radius 3 is 2.12 bits per heavy atom. The first-order valence-electron chi connectivity index (χ1n) is 8.81. The molecule has 5 heteroatoms. The van der Waals surface area contributed by atoms with Crippen molar-refractivity contribution in [2.24, 2.45) is 0 Å². The molecule has 0 unspecified atom stereocenters. The second kappa shape index (κ2) is 7.92. The summed E-state index contributed by atoms with van der Waals surface area (Å²) in [6.45, 7) is 2.17. The quantitative estimate of drug-likeness (QED) is 0.685. The highest BCUT2D eigenvalue weighted by Crippen LogP contribution is 2.44. The van der Waals surface area contributed by atoms with Crippen LogP contribution in [0.1, 0.15) is 36.8 Å². The highest BCUT2D eigenvalue weighted by atomic mass is 35.5. The minimum Gasteiger partial charge on any atom is -0.448 e. The molecule has 26 heavy (non-hydrogen) atoms. The van der Waals surface area contributed by atoms with E-state index in [0.717, 1.165) is 17.5 Å². The van der Waals surface area contributed by atoms with Crippen LogP contribution in [0.4, 0.5) is 4.79 Å². The molecule has 0 heterocycles. The van der Waals surface area contributed by atoms with Crippen molar-refractivity contribution in [2.45, 2.75) is 31.7 Å². The summed E-state index contributed by atoms with van der Waals surface area (Å²) in [5.74, 6) is -0.00363. The van der Waals surface area contributed by atoms with Crippen LogP contribution in [-0.2, 0) is 9.53 Å². The van der Waals surface area contributed by atoms with Gasteiger partial charge in [0.1, 0.15) is 12.6 Å². The fourth-order valence-corrected chi connectivity index (χ4v) is 3.81. The van der Waals surface area contributed by atoms with Crippen LogP contribution < -0.4 is 0 Å². The number of rotatable bonds is 6. The van der Waals surface area contributed by atoms with E-state index < -0.39 is 17.4 Å². The zero-order valence-electron chi connectivity index (χ0n) is 14.9. The van der Waals surface area contributed by atoms with E-state index in [2.05, 4.69) is 24.3 Å². The van der Waals surface area contributed by atoms with E-state index in [1.165, 1.54) is 16.0 Å². The zero-order chi connectivity index (χ0) is 18.7. The second-order valence-corrected chi connectivity index (χ2v) is 6.90. The average molecular weight is 372 g/mol. The Balaban J connectivity index is 1.75. The van der Waals surface area contributed by atoms with E-state index in [1.807, 2.05) is 31.2 Å². The van der Waals surface area contributed by atoms with Crippen LogP contribution in [0.5, 0.6) is 0 Å². The molecule has 136 valence electrons. The highest BCUT2D eigenvalue weighted by Gasteiger charge is 2.31. The van der Waals surface area contributed by atoms with Gasteiger partial charge in [-0.2, -0.15) is 0 Å². The molecule has 0 spiro atoms. The summed E-state index contributed by atoms with van der Waals surface area (Å²) in [6.07, 6.45) is 0.743. The van der Waals surface area contributed by atoms with E-state index >= 15 is 0 Å². The predicted molar refractivity (Wildman–Crippen MR) is 102 cm³/mol. The Labute approximate surface area is 158 Å². The summed E-state index contributed by atoms with van der Waals surface area (Å²) < 4.78 is 5.56. The molecule has 0 aliphatic heterocycles.